The summed E-state index contributed by atoms with van der Waals surface area (Å²) in [7, 11) is 2.02. The molecule has 112 valence electrons. The van der Waals surface area contributed by atoms with Gasteiger partial charge in [0.2, 0.25) is 0 Å². The third kappa shape index (κ3) is 5.27. The first kappa shape index (κ1) is 16.6. The molecular weight excluding hydrogens is 254 g/mol. The highest BCUT2D eigenvalue weighted by molar-refractivity contribution is 5.78. The Hall–Kier alpha value is -1.46. The van der Waals surface area contributed by atoms with E-state index in [-0.39, 0.29) is 0 Å². The normalized spacial score (nSPS) is 14.2. The minimum atomic E-state index is -0.848. The maximum Gasteiger partial charge on any atom is 0.323 e. The maximum absolute atomic E-state index is 11.3. The van der Waals surface area contributed by atoms with Gasteiger partial charge >= 0.3 is 5.97 Å². The molecule has 5 heteroatoms. The minimum Gasteiger partial charge on any atom is -0.480 e. The van der Waals surface area contributed by atoms with Crippen molar-refractivity contribution in [2.45, 2.75) is 32.2 Å². The molecule has 0 radical (unpaired) electrons. The largest absolute Gasteiger partial charge is 0.480 e. The molecule has 1 heterocycles. The van der Waals surface area contributed by atoms with E-state index in [1.54, 1.807) is 19.3 Å². The fourth-order valence-electron chi connectivity index (χ4n) is 2.06. The van der Waals surface area contributed by atoms with Crippen LogP contribution in [0.5, 0.6) is 0 Å². The Morgan fingerprint density at radius 3 is 2.60 bits per heavy atom. The summed E-state index contributed by atoms with van der Waals surface area (Å²) in [5.41, 5.74) is 0.402. The van der Waals surface area contributed by atoms with Crippen molar-refractivity contribution in [2.24, 2.45) is 0 Å². The number of nitrogens with one attached hydrogen (secondary N) is 1. The highest BCUT2D eigenvalue weighted by Crippen LogP contribution is 2.11. The molecule has 2 N–H and O–H groups in total. The number of nitrogens with zero attached hydrogens (tertiary/aromatic N) is 2. The highest BCUT2D eigenvalue weighted by atomic mass is 16.4. The van der Waals surface area contributed by atoms with Crippen LogP contribution in [0.25, 0.3) is 0 Å². The first-order valence-corrected chi connectivity index (χ1v) is 7.04. The van der Waals surface area contributed by atoms with E-state index < -0.39 is 11.5 Å². The molecule has 5 nitrogen and oxygen atoms in total. The second-order valence-corrected chi connectivity index (χ2v) is 5.33. The molecule has 0 spiro atoms. The molecule has 0 amide bonds. The van der Waals surface area contributed by atoms with Gasteiger partial charge in [-0.2, -0.15) is 0 Å². The molecule has 0 saturated carbocycles. The van der Waals surface area contributed by atoms with Crippen molar-refractivity contribution in [3.8, 4) is 0 Å². The van der Waals surface area contributed by atoms with Crippen LogP contribution in [0.1, 0.15) is 25.8 Å². The van der Waals surface area contributed by atoms with Gasteiger partial charge in [-0.1, -0.05) is 6.92 Å². The van der Waals surface area contributed by atoms with E-state index in [9.17, 15) is 9.90 Å². The number of carboxylic acids is 1. The van der Waals surface area contributed by atoms with E-state index in [0.717, 1.165) is 19.5 Å². The lowest BCUT2D eigenvalue weighted by Gasteiger charge is -2.28. The molecule has 0 bridgehead atoms. The summed E-state index contributed by atoms with van der Waals surface area (Å²) in [5.74, 6) is -0.790. The number of pyridine rings is 1. The smallest absolute Gasteiger partial charge is 0.323 e. The Balaban J connectivity index is 2.38. The van der Waals surface area contributed by atoms with E-state index in [2.05, 4.69) is 15.2 Å². The van der Waals surface area contributed by atoms with Gasteiger partial charge in [-0.3, -0.25) is 9.78 Å². The van der Waals surface area contributed by atoms with Crippen LogP contribution in [0, 0.1) is 0 Å². The number of rotatable bonds is 9. The van der Waals surface area contributed by atoms with E-state index >= 15 is 0 Å². The third-order valence-electron chi connectivity index (χ3n) is 3.56. The van der Waals surface area contributed by atoms with E-state index in [1.165, 1.54) is 5.56 Å². The van der Waals surface area contributed by atoms with Crippen LogP contribution in [-0.2, 0) is 11.2 Å². The quantitative estimate of drug-likeness (QED) is 0.715. The number of carboxylic acid groups (broad SMARTS) is 1. The van der Waals surface area contributed by atoms with Crippen LogP contribution in [0.4, 0.5) is 0 Å². The zero-order chi connectivity index (χ0) is 15.0. The van der Waals surface area contributed by atoms with E-state index in [1.807, 2.05) is 26.1 Å². The summed E-state index contributed by atoms with van der Waals surface area (Å²) in [4.78, 5) is 17.5. The molecule has 0 aliphatic carbocycles. The lowest BCUT2D eigenvalue weighted by molar-refractivity contribution is -0.144. The number of hydrogen-bond donors (Lipinski definition) is 2. The zero-order valence-electron chi connectivity index (χ0n) is 12.6. The van der Waals surface area contributed by atoms with Gasteiger partial charge in [0, 0.05) is 25.5 Å². The summed E-state index contributed by atoms with van der Waals surface area (Å²) >= 11 is 0. The Bertz CT molecular complexity index is 411. The Labute approximate surface area is 121 Å². The number of aromatic nitrogens is 1. The fraction of sp³-hybridized carbons (Fsp3) is 0.600. The van der Waals surface area contributed by atoms with Crippen molar-refractivity contribution in [3.63, 3.8) is 0 Å². The Morgan fingerprint density at radius 1 is 1.40 bits per heavy atom. The number of carbonyl (C=O) groups is 1. The van der Waals surface area contributed by atoms with Crippen molar-refractivity contribution < 1.29 is 9.90 Å². The van der Waals surface area contributed by atoms with Crippen LogP contribution >= 0.6 is 0 Å². The van der Waals surface area contributed by atoms with Crippen LogP contribution in [-0.4, -0.2) is 53.2 Å². The Kier molecular flexibility index (Phi) is 6.61. The van der Waals surface area contributed by atoms with E-state index in [4.69, 9.17) is 0 Å². The molecule has 1 aromatic heterocycles. The second-order valence-electron chi connectivity index (χ2n) is 5.33. The molecule has 0 aliphatic rings. The zero-order valence-corrected chi connectivity index (χ0v) is 12.6. The van der Waals surface area contributed by atoms with Gasteiger partial charge in [-0.05, 0) is 51.1 Å². The standard InChI is InChI=1S/C15H25N3O2/c1-4-17-15(2,14(19)20)8-12-18(3)11-7-13-5-9-16-10-6-13/h5-6,9-10,17H,4,7-8,11-12H2,1-3H3,(H,19,20). The van der Waals surface area contributed by atoms with Gasteiger partial charge in [-0.15, -0.1) is 0 Å². The van der Waals surface area contributed by atoms with Crippen molar-refractivity contribution in [2.75, 3.05) is 26.7 Å². The molecule has 0 aliphatic heterocycles. The monoisotopic (exact) mass is 279 g/mol. The van der Waals surface area contributed by atoms with Crippen LogP contribution in [0.15, 0.2) is 24.5 Å². The number of aliphatic carboxylic acids is 1. The topological polar surface area (TPSA) is 65.5 Å². The van der Waals surface area contributed by atoms with Gasteiger partial charge in [0.05, 0.1) is 0 Å². The molecule has 1 atom stereocenters. The summed E-state index contributed by atoms with van der Waals surface area (Å²) < 4.78 is 0. The van der Waals surface area contributed by atoms with Crippen LogP contribution < -0.4 is 5.32 Å². The third-order valence-corrected chi connectivity index (χ3v) is 3.56. The maximum atomic E-state index is 11.3. The predicted molar refractivity (Wildman–Crippen MR) is 79.8 cm³/mol. The van der Waals surface area contributed by atoms with Gasteiger partial charge in [-0.25, -0.2) is 0 Å². The summed E-state index contributed by atoms with van der Waals surface area (Å²) in [5, 5.41) is 12.3. The molecule has 1 unspecified atom stereocenters. The molecule has 1 aromatic rings. The molecular formula is C15H25N3O2. The minimum absolute atomic E-state index is 0.586. The molecule has 0 fully saturated rings. The highest BCUT2D eigenvalue weighted by Gasteiger charge is 2.31. The average molecular weight is 279 g/mol. The lowest BCUT2D eigenvalue weighted by Crippen LogP contribution is -2.51. The molecule has 0 aromatic carbocycles. The van der Waals surface area contributed by atoms with Gasteiger partial charge in [0.1, 0.15) is 5.54 Å². The Morgan fingerprint density at radius 2 is 2.05 bits per heavy atom. The van der Waals surface area contributed by atoms with Gasteiger partial charge in [0.25, 0.3) is 0 Å². The van der Waals surface area contributed by atoms with Crippen molar-refractivity contribution in [1.82, 2.24) is 15.2 Å². The summed E-state index contributed by atoms with van der Waals surface area (Å²) in [6.07, 6.45) is 5.12. The average Bonchev–Trinajstić information content (AvgIpc) is 2.44. The molecule has 1 rings (SSSR count). The fourth-order valence-corrected chi connectivity index (χ4v) is 2.06. The predicted octanol–water partition coefficient (Wildman–Crippen LogP) is 1.40. The molecule has 20 heavy (non-hydrogen) atoms. The summed E-state index contributed by atoms with van der Waals surface area (Å²) in [6, 6.07) is 4.02. The first-order valence-electron chi connectivity index (χ1n) is 7.04. The SMILES string of the molecule is CCNC(C)(CCN(C)CCc1ccncc1)C(=O)O. The van der Waals surface area contributed by atoms with Crippen molar-refractivity contribution in [1.29, 1.82) is 0 Å². The van der Waals surface area contributed by atoms with Gasteiger partial charge in [0.15, 0.2) is 0 Å². The van der Waals surface area contributed by atoms with Crippen molar-refractivity contribution >= 4 is 5.97 Å². The first-order chi connectivity index (χ1) is 9.48. The summed E-state index contributed by atoms with van der Waals surface area (Å²) in [6.45, 7) is 5.99. The van der Waals surface area contributed by atoms with Crippen LogP contribution in [0.2, 0.25) is 0 Å². The van der Waals surface area contributed by atoms with Crippen LogP contribution in [0.3, 0.4) is 0 Å². The number of hydrogen-bond acceptors (Lipinski definition) is 4. The number of likely N-dealkylation sites (N-methyl/N-ethyl adjacent to an activating group) is 2. The van der Waals surface area contributed by atoms with Crippen molar-refractivity contribution in [3.05, 3.63) is 30.1 Å². The van der Waals surface area contributed by atoms with E-state index in [0.29, 0.717) is 13.0 Å². The molecule has 0 saturated heterocycles. The second kappa shape index (κ2) is 7.97. The van der Waals surface area contributed by atoms with Gasteiger partial charge < -0.3 is 15.3 Å². The lowest BCUT2D eigenvalue weighted by atomic mass is 9.97.